The quantitative estimate of drug-likeness (QED) is 0.747. The van der Waals surface area contributed by atoms with Crippen LogP contribution in [-0.4, -0.2) is 19.6 Å². The molecule has 0 radical (unpaired) electrons. The zero-order valence-corrected chi connectivity index (χ0v) is 8.38. The molecule has 2 aromatic heterocycles. The van der Waals surface area contributed by atoms with Crippen molar-refractivity contribution < 1.29 is 0 Å². The first-order chi connectivity index (χ1) is 6.74. The fourth-order valence-corrected chi connectivity index (χ4v) is 1.33. The molecule has 0 spiro atoms. The van der Waals surface area contributed by atoms with Crippen LogP contribution >= 0.6 is 11.6 Å². The Labute approximate surface area is 84.7 Å². The number of halogens is 1. The lowest BCUT2D eigenvalue weighted by Crippen LogP contribution is -2.15. The average Bonchev–Trinajstić information content (AvgIpc) is 2.61. The molecule has 2 rings (SSSR count). The van der Waals surface area contributed by atoms with Gasteiger partial charge in [0.2, 0.25) is 0 Å². The zero-order chi connectivity index (χ0) is 10.1. The number of nitrogens with one attached hydrogen (secondary N) is 1. The van der Waals surface area contributed by atoms with Crippen molar-refractivity contribution in [2.75, 3.05) is 0 Å². The van der Waals surface area contributed by atoms with Crippen LogP contribution < -0.4 is 5.56 Å². The molecule has 0 bridgehead atoms. The smallest absolute Gasteiger partial charge is 0.274 e. The first-order valence-corrected chi connectivity index (χ1v) is 4.81. The van der Waals surface area contributed by atoms with Crippen molar-refractivity contribution in [3.8, 4) is 0 Å². The monoisotopic (exact) mass is 212 g/mol. The number of alkyl halides is 1. The molecule has 0 saturated heterocycles. The molecule has 0 saturated carbocycles. The van der Waals surface area contributed by atoms with E-state index < -0.39 is 0 Å². The standard InChI is InChI=1S/C8H9ClN4O/c1-2-6-11-8-10-5(4-9)3-7(14)13(8)12-6/h3H,2,4H2,1H3,(H,10,11,12). The van der Waals surface area contributed by atoms with E-state index in [-0.39, 0.29) is 11.4 Å². The van der Waals surface area contributed by atoms with Crippen LogP contribution in [0.15, 0.2) is 10.9 Å². The lowest BCUT2D eigenvalue weighted by molar-refractivity contribution is 0.848. The lowest BCUT2D eigenvalue weighted by Gasteiger charge is -1.93. The SMILES string of the molecule is CCc1nc2nc(CCl)cc(=O)n2[nH]1. The number of H-pyrrole nitrogens is 1. The minimum atomic E-state index is -0.183. The molecular weight excluding hydrogens is 204 g/mol. The summed E-state index contributed by atoms with van der Waals surface area (Å²) in [5, 5.41) is 2.85. The molecule has 2 aromatic rings. The molecule has 14 heavy (non-hydrogen) atoms. The molecule has 5 nitrogen and oxygen atoms in total. The maximum Gasteiger partial charge on any atom is 0.274 e. The number of nitrogens with zero attached hydrogens (tertiary/aromatic N) is 3. The molecule has 6 heteroatoms. The number of aromatic nitrogens is 4. The predicted octanol–water partition coefficient (Wildman–Crippen LogP) is 0.719. The molecule has 0 aliphatic rings. The summed E-state index contributed by atoms with van der Waals surface area (Å²) < 4.78 is 1.31. The van der Waals surface area contributed by atoms with Gasteiger partial charge in [-0.1, -0.05) is 6.92 Å². The van der Waals surface area contributed by atoms with Gasteiger partial charge in [-0.05, 0) is 0 Å². The van der Waals surface area contributed by atoms with E-state index in [4.69, 9.17) is 11.6 Å². The molecule has 0 aliphatic carbocycles. The topological polar surface area (TPSA) is 63.1 Å². The second-order valence-corrected chi connectivity index (χ2v) is 3.15. The summed E-state index contributed by atoms with van der Waals surface area (Å²) in [6, 6.07) is 1.40. The van der Waals surface area contributed by atoms with Gasteiger partial charge in [-0.15, -0.1) is 11.6 Å². The van der Waals surface area contributed by atoms with E-state index in [0.717, 1.165) is 12.2 Å². The molecular formula is C8H9ClN4O. The minimum Gasteiger partial charge on any atom is -0.275 e. The van der Waals surface area contributed by atoms with E-state index in [0.29, 0.717) is 11.5 Å². The van der Waals surface area contributed by atoms with Crippen molar-refractivity contribution in [3.05, 3.63) is 27.9 Å². The second kappa shape index (κ2) is 3.42. The van der Waals surface area contributed by atoms with Crippen molar-refractivity contribution >= 4 is 17.4 Å². The van der Waals surface area contributed by atoms with Gasteiger partial charge in [0, 0.05) is 12.5 Å². The van der Waals surface area contributed by atoms with Gasteiger partial charge < -0.3 is 0 Å². The van der Waals surface area contributed by atoms with Crippen LogP contribution in [0.25, 0.3) is 5.78 Å². The summed E-state index contributed by atoms with van der Waals surface area (Å²) >= 11 is 5.59. The van der Waals surface area contributed by atoms with Crippen LogP contribution in [0.4, 0.5) is 0 Å². The molecule has 0 aliphatic heterocycles. The van der Waals surface area contributed by atoms with Gasteiger partial charge in [-0.2, -0.15) is 9.50 Å². The van der Waals surface area contributed by atoms with Crippen molar-refractivity contribution in [2.45, 2.75) is 19.2 Å². The summed E-state index contributed by atoms with van der Waals surface area (Å²) in [6.45, 7) is 1.95. The fourth-order valence-electron chi connectivity index (χ4n) is 1.20. The van der Waals surface area contributed by atoms with Gasteiger partial charge in [0.1, 0.15) is 5.82 Å². The highest BCUT2D eigenvalue weighted by Crippen LogP contribution is 2.00. The van der Waals surface area contributed by atoms with Gasteiger partial charge in [-0.3, -0.25) is 9.89 Å². The van der Waals surface area contributed by atoms with Crippen molar-refractivity contribution in [1.29, 1.82) is 0 Å². The van der Waals surface area contributed by atoms with E-state index in [1.165, 1.54) is 10.6 Å². The Morgan fingerprint density at radius 3 is 3.00 bits per heavy atom. The van der Waals surface area contributed by atoms with Crippen molar-refractivity contribution in [1.82, 2.24) is 19.6 Å². The van der Waals surface area contributed by atoms with Crippen LogP contribution in [0.2, 0.25) is 0 Å². The van der Waals surface area contributed by atoms with E-state index >= 15 is 0 Å². The van der Waals surface area contributed by atoms with Gasteiger partial charge in [0.15, 0.2) is 0 Å². The van der Waals surface area contributed by atoms with Gasteiger partial charge in [0.05, 0.1) is 11.6 Å². The molecule has 74 valence electrons. The minimum absolute atomic E-state index is 0.183. The molecule has 2 heterocycles. The number of fused-ring (bicyclic) bond motifs is 1. The fraction of sp³-hybridized carbons (Fsp3) is 0.375. The normalized spacial score (nSPS) is 11.0. The van der Waals surface area contributed by atoms with E-state index in [1.54, 1.807) is 0 Å². The Bertz CT molecular complexity index is 516. The zero-order valence-electron chi connectivity index (χ0n) is 7.62. The summed E-state index contributed by atoms with van der Waals surface area (Å²) in [4.78, 5) is 19.7. The summed E-state index contributed by atoms with van der Waals surface area (Å²) in [5.74, 6) is 1.34. The number of aryl methyl sites for hydroxylation is 1. The highest BCUT2D eigenvalue weighted by atomic mass is 35.5. The maximum absolute atomic E-state index is 11.5. The van der Waals surface area contributed by atoms with E-state index in [2.05, 4.69) is 15.1 Å². The highest BCUT2D eigenvalue weighted by molar-refractivity contribution is 6.16. The third-order valence-corrected chi connectivity index (χ3v) is 2.18. The first kappa shape index (κ1) is 9.21. The van der Waals surface area contributed by atoms with Crippen LogP contribution in [0.5, 0.6) is 0 Å². The van der Waals surface area contributed by atoms with Gasteiger partial charge in [0.25, 0.3) is 11.3 Å². The molecule has 0 atom stereocenters. The molecule has 1 N–H and O–H groups in total. The Kier molecular flexibility index (Phi) is 2.25. The number of rotatable bonds is 2. The van der Waals surface area contributed by atoms with Crippen molar-refractivity contribution in [3.63, 3.8) is 0 Å². The Morgan fingerprint density at radius 2 is 2.36 bits per heavy atom. The van der Waals surface area contributed by atoms with Crippen LogP contribution in [0, 0.1) is 0 Å². The maximum atomic E-state index is 11.5. The third kappa shape index (κ3) is 1.39. The summed E-state index contributed by atoms with van der Waals surface area (Å²) in [7, 11) is 0. The average molecular weight is 213 g/mol. The van der Waals surface area contributed by atoms with Crippen LogP contribution in [0.3, 0.4) is 0 Å². The van der Waals surface area contributed by atoms with Crippen LogP contribution in [-0.2, 0) is 12.3 Å². The Balaban J connectivity index is 2.73. The molecule has 0 amide bonds. The number of hydrogen-bond donors (Lipinski definition) is 1. The molecule has 0 aromatic carbocycles. The Hall–Kier alpha value is -1.36. The first-order valence-electron chi connectivity index (χ1n) is 4.28. The highest BCUT2D eigenvalue weighted by Gasteiger charge is 2.05. The summed E-state index contributed by atoms with van der Waals surface area (Å²) in [5.41, 5.74) is 0.365. The third-order valence-electron chi connectivity index (χ3n) is 1.90. The summed E-state index contributed by atoms with van der Waals surface area (Å²) in [6.07, 6.45) is 0.735. The van der Waals surface area contributed by atoms with E-state index in [1.807, 2.05) is 6.92 Å². The number of hydrogen-bond acceptors (Lipinski definition) is 3. The predicted molar refractivity (Wildman–Crippen MR) is 52.5 cm³/mol. The van der Waals surface area contributed by atoms with Crippen LogP contribution in [0.1, 0.15) is 18.4 Å². The second-order valence-electron chi connectivity index (χ2n) is 2.88. The van der Waals surface area contributed by atoms with E-state index in [9.17, 15) is 4.79 Å². The molecule has 0 unspecified atom stereocenters. The lowest BCUT2D eigenvalue weighted by atomic mass is 10.4. The van der Waals surface area contributed by atoms with Gasteiger partial charge in [-0.25, -0.2) is 4.98 Å². The molecule has 0 fully saturated rings. The van der Waals surface area contributed by atoms with Crippen molar-refractivity contribution in [2.24, 2.45) is 0 Å². The van der Waals surface area contributed by atoms with Gasteiger partial charge >= 0.3 is 0 Å². The Morgan fingerprint density at radius 1 is 1.57 bits per heavy atom. The number of aromatic amines is 1. The largest absolute Gasteiger partial charge is 0.275 e.